The maximum absolute atomic E-state index is 13.3. The minimum absolute atomic E-state index is 0.0130. The van der Waals surface area contributed by atoms with E-state index in [1.807, 2.05) is 6.92 Å². The molecule has 2 rings (SSSR count). The average Bonchev–Trinajstić information content (AvgIpc) is 2.80. The van der Waals surface area contributed by atoms with Crippen LogP contribution in [0, 0.1) is 6.92 Å². The lowest BCUT2D eigenvalue weighted by molar-refractivity contribution is -0.140. The zero-order valence-corrected chi connectivity index (χ0v) is 23.9. The molecule has 2 amide bonds. The van der Waals surface area contributed by atoms with E-state index in [1.54, 1.807) is 50.2 Å². The Kier molecular flexibility index (Phi) is 11.3. The summed E-state index contributed by atoms with van der Waals surface area (Å²) in [5.41, 5.74) is 1.74. The van der Waals surface area contributed by atoms with Crippen molar-refractivity contribution < 1.29 is 18.0 Å². The Morgan fingerprint density at radius 2 is 1.72 bits per heavy atom. The van der Waals surface area contributed by atoms with Crippen molar-refractivity contribution in [3.05, 3.63) is 62.6 Å². The van der Waals surface area contributed by atoms with E-state index in [9.17, 15) is 18.0 Å². The molecule has 0 heterocycles. The maximum Gasteiger partial charge on any atom is 0.242 e. The van der Waals surface area contributed by atoms with Gasteiger partial charge in [-0.2, -0.15) is 0 Å². The third-order valence-electron chi connectivity index (χ3n) is 5.70. The number of carbonyl (C=O) groups is 2. The summed E-state index contributed by atoms with van der Waals surface area (Å²) >= 11 is 18.8. The maximum atomic E-state index is 13.3. The Labute approximate surface area is 228 Å². The molecule has 0 aliphatic heterocycles. The van der Waals surface area contributed by atoms with E-state index in [-0.39, 0.29) is 37.7 Å². The molecular formula is C25H32Cl3N3O4S. The van der Waals surface area contributed by atoms with Crippen LogP contribution in [0.25, 0.3) is 0 Å². The molecule has 7 nitrogen and oxygen atoms in total. The Bertz CT molecular complexity index is 1170. The average molecular weight is 577 g/mol. The second-order valence-electron chi connectivity index (χ2n) is 8.56. The van der Waals surface area contributed by atoms with Crippen molar-refractivity contribution in [3.8, 4) is 0 Å². The van der Waals surface area contributed by atoms with Crippen LogP contribution in [0.15, 0.2) is 36.4 Å². The van der Waals surface area contributed by atoms with Gasteiger partial charge in [0.05, 0.1) is 11.9 Å². The van der Waals surface area contributed by atoms with Gasteiger partial charge in [0.2, 0.25) is 21.8 Å². The number of halogens is 3. The van der Waals surface area contributed by atoms with Crippen molar-refractivity contribution in [2.24, 2.45) is 0 Å². The van der Waals surface area contributed by atoms with Crippen molar-refractivity contribution in [2.45, 2.75) is 52.6 Å². The molecule has 0 aliphatic rings. The van der Waals surface area contributed by atoms with E-state index in [0.717, 1.165) is 18.2 Å². The van der Waals surface area contributed by atoms with Gasteiger partial charge in [0, 0.05) is 46.7 Å². The fourth-order valence-electron chi connectivity index (χ4n) is 3.67. The summed E-state index contributed by atoms with van der Waals surface area (Å²) in [5.74, 6) is -0.609. The highest BCUT2D eigenvalue weighted by Gasteiger charge is 2.28. The highest BCUT2D eigenvalue weighted by Crippen LogP contribution is 2.28. The molecule has 198 valence electrons. The van der Waals surface area contributed by atoms with Crippen LogP contribution in [0.3, 0.4) is 0 Å². The lowest BCUT2D eigenvalue weighted by Crippen LogP contribution is -2.48. The van der Waals surface area contributed by atoms with Crippen molar-refractivity contribution in [3.63, 3.8) is 0 Å². The van der Waals surface area contributed by atoms with E-state index in [0.29, 0.717) is 32.9 Å². The van der Waals surface area contributed by atoms with Gasteiger partial charge in [-0.3, -0.25) is 13.9 Å². The molecule has 0 radical (unpaired) electrons. The van der Waals surface area contributed by atoms with Gasteiger partial charge < -0.3 is 10.2 Å². The Hall–Kier alpha value is -2.00. The Morgan fingerprint density at radius 1 is 1.08 bits per heavy atom. The number of benzene rings is 2. The topological polar surface area (TPSA) is 86.8 Å². The van der Waals surface area contributed by atoms with Crippen LogP contribution in [-0.4, -0.2) is 50.5 Å². The number of sulfonamides is 1. The summed E-state index contributed by atoms with van der Waals surface area (Å²) in [6.45, 7) is 5.98. The van der Waals surface area contributed by atoms with Crippen LogP contribution in [0.4, 0.5) is 5.69 Å². The van der Waals surface area contributed by atoms with Gasteiger partial charge >= 0.3 is 0 Å². The van der Waals surface area contributed by atoms with E-state index in [1.165, 1.54) is 9.21 Å². The van der Waals surface area contributed by atoms with E-state index in [2.05, 4.69) is 5.32 Å². The van der Waals surface area contributed by atoms with Crippen molar-refractivity contribution in [1.29, 1.82) is 0 Å². The summed E-state index contributed by atoms with van der Waals surface area (Å²) in [5, 5.41) is 4.00. The molecule has 0 unspecified atom stereocenters. The molecule has 2 aromatic carbocycles. The van der Waals surface area contributed by atoms with Gasteiger partial charge in [-0.25, -0.2) is 8.42 Å². The number of anilines is 1. The van der Waals surface area contributed by atoms with Crippen LogP contribution in [0.5, 0.6) is 0 Å². The first-order valence-corrected chi connectivity index (χ1v) is 14.6. The number of aryl methyl sites for hydroxylation is 1. The summed E-state index contributed by atoms with van der Waals surface area (Å²) in [6, 6.07) is 9.29. The molecule has 2 aromatic rings. The van der Waals surface area contributed by atoms with Crippen LogP contribution in [-0.2, 0) is 26.2 Å². The third kappa shape index (κ3) is 8.26. The number of carbonyl (C=O) groups excluding carboxylic acids is 2. The van der Waals surface area contributed by atoms with E-state index in [4.69, 9.17) is 34.8 Å². The molecule has 0 saturated carbocycles. The molecule has 0 saturated heterocycles. The number of nitrogens with one attached hydrogen (secondary N) is 1. The number of rotatable bonds is 12. The largest absolute Gasteiger partial charge is 0.354 e. The summed E-state index contributed by atoms with van der Waals surface area (Å²) in [4.78, 5) is 27.5. The first kappa shape index (κ1) is 30.2. The molecule has 0 aliphatic carbocycles. The third-order valence-corrected chi connectivity index (χ3v) is 7.82. The summed E-state index contributed by atoms with van der Waals surface area (Å²) in [6.07, 6.45) is 2.11. The molecule has 1 atom stereocenters. The van der Waals surface area contributed by atoms with Crippen LogP contribution < -0.4 is 9.62 Å². The Morgan fingerprint density at radius 3 is 2.31 bits per heavy atom. The zero-order chi connectivity index (χ0) is 27.0. The fourth-order valence-corrected chi connectivity index (χ4v) is 5.36. The SMILES string of the molecule is CCCNC(=O)[C@@H](C)N(Cc1c(Cl)cccc1Cl)C(=O)CCCN(c1cc(Cl)ccc1C)S(C)(=O)=O. The molecule has 0 spiro atoms. The first-order valence-electron chi connectivity index (χ1n) is 11.6. The molecule has 0 bridgehead atoms. The summed E-state index contributed by atoms with van der Waals surface area (Å²) in [7, 11) is -3.62. The predicted molar refractivity (Wildman–Crippen MR) is 147 cm³/mol. The van der Waals surface area contributed by atoms with Gasteiger partial charge in [-0.1, -0.05) is 53.9 Å². The molecule has 1 N–H and O–H groups in total. The van der Waals surface area contributed by atoms with Crippen molar-refractivity contribution in [2.75, 3.05) is 23.7 Å². The quantitative estimate of drug-likeness (QED) is 0.364. The van der Waals surface area contributed by atoms with E-state index < -0.39 is 16.1 Å². The van der Waals surface area contributed by atoms with Crippen LogP contribution in [0.1, 0.15) is 44.2 Å². The fraction of sp³-hybridized carbons (Fsp3) is 0.440. The minimum Gasteiger partial charge on any atom is -0.354 e. The van der Waals surface area contributed by atoms with Gasteiger partial charge in [0.25, 0.3) is 0 Å². The van der Waals surface area contributed by atoms with Crippen molar-refractivity contribution >= 4 is 62.3 Å². The molecule has 36 heavy (non-hydrogen) atoms. The van der Waals surface area contributed by atoms with Gasteiger partial charge in [0.15, 0.2) is 0 Å². The summed E-state index contributed by atoms with van der Waals surface area (Å²) < 4.78 is 26.3. The van der Waals surface area contributed by atoms with Crippen LogP contribution >= 0.6 is 34.8 Å². The first-order chi connectivity index (χ1) is 16.9. The lowest BCUT2D eigenvalue weighted by Gasteiger charge is -2.30. The number of hydrogen-bond donors (Lipinski definition) is 1. The number of hydrogen-bond acceptors (Lipinski definition) is 4. The standard InChI is InChI=1S/C25H32Cl3N3O4S/c1-5-13-29-25(33)18(3)30(16-20-21(27)8-6-9-22(20)28)24(32)10-7-14-31(36(4,34)35)23-15-19(26)12-11-17(23)2/h6,8-9,11-12,15,18H,5,7,10,13-14,16H2,1-4H3,(H,29,33)/t18-/m1/s1. The number of amides is 2. The van der Waals surface area contributed by atoms with Gasteiger partial charge in [0.1, 0.15) is 6.04 Å². The zero-order valence-electron chi connectivity index (χ0n) is 20.9. The second-order valence-corrected chi connectivity index (χ2v) is 11.7. The Balaban J connectivity index is 2.24. The highest BCUT2D eigenvalue weighted by atomic mass is 35.5. The smallest absolute Gasteiger partial charge is 0.242 e. The van der Waals surface area contributed by atoms with E-state index >= 15 is 0 Å². The predicted octanol–water partition coefficient (Wildman–Crippen LogP) is 5.44. The lowest BCUT2D eigenvalue weighted by atomic mass is 10.1. The van der Waals surface area contributed by atoms with Gasteiger partial charge in [-0.05, 0) is 56.5 Å². The molecule has 0 fully saturated rings. The molecular weight excluding hydrogens is 545 g/mol. The number of nitrogens with zero attached hydrogens (tertiary/aromatic N) is 2. The van der Waals surface area contributed by atoms with Crippen LogP contribution in [0.2, 0.25) is 15.1 Å². The second kappa shape index (κ2) is 13.5. The van der Waals surface area contributed by atoms with Crippen molar-refractivity contribution in [1.82, 2.24) is 10.2 Å². The molecule has 11 heteroatoms. The van der Waals surface area contributed by atoms with Gasteiger partial charge in [-0.15, -0.1) is 0 Å². The highest BCUT2D eigenvalue weighted by molar-refractivity contribution is 7.92. The monoisotopic (exact) mass is 575 g/mol. The minimum atomic E-state index is -3.62. The molecule has 0 aromatic heterocycles. The normalized spacial score (nSPS) is 12.2.